The van der Waals surface area contributed by atoms with Gasteiger partial charge in [0, 0.05) is 26.2 Å². The molecule has 4 nitrogen and oxygen atoms in total. The molecule has 0 atom stereocenters. The third-order valence-corrected chi connectivity index (χ3v) is 2.28. The molecule has 1 fully saturated rings. The molecule has 0 saturated carbocycles. The van der Waals surface area contributed by atoms with Gasteiger partial charge in [0.05, 0.1) is 5.92 Å². The molecule has 0 aromatic carbocycles. The van der Waals surface area contributed by atoms with Gasteiger partial charge < -0.3 is 14.9 Å². The van der Waals surface area contributed by atoms with Gasteiger partial charge in [-0.3, -0.25) is 4.79 Å². The van der Waals surface area contributed by atoms with E-state index < -0.39 is 5.97 Å². The first kappa shape index (κ1) is 9.48. The molecule has 0 radical (unpaired) electrons. The van der Waals surface area contributed by atoms with E-state index in [4.69, 9.17) is 5.11 Å². The first-order valence-electron chi connectivity index (χ1n) is 4.19. The maximum absolute atomic E-state index is 10.7. The molecule has 1 aliphatic heterocycles. The van der Waals surface area contributed by atoms with Crippen LogP contribution in [0.3, 0.4) is 0 Å². The molecule has 1 aliphatic rings. The zero-order chi connectivity index (χ0) is 9.14. The molecular weight excluding hydrogens is 156 g/mol. The first-order chi connectivity index (χ1) is 5.59. The number of hydrogen-bond donors (Lipinski definition) is 1. The van der Waals surface area contributed by atoms with Crippen molar-refractivity contribution >= 4 is 5.97 Å². The maximum atomic E-state index is 10.7. The zero-order valence-corrected chi connectivity index (χ0v) is 7.66. The van der Waals surface area contributed by atoms with Crippen LogP contribution in [0.2, 0.25) is 0 Å². The smallest absolute Gasteiger partial charge is 0.309 e. The molecule has 1 N–H and O–H groups in total. The number of carboxylic acid groups (broad SMARTS) is 1. The SMILES string of the molecule is CN1CCN(C)CC(C(=O)O)C1. The van der Waals surface area contributed by atoms with E-state index in [-0.39, 0.29) is 5.92 Å². The van der Waals surface area contributed by atoms with Crippen molar-refractivity contribution in [3.63, 3.8) is 0 Å². The van der Waals surface area contributed by atoms with Gasteiger partial charge >= 0.3 is 5.97 Å². The highest BCUT2D eigenvalue weighted by Gasteiger charge is 2.23. The molecule has 0 bridgehead atoms. The van der Waals surface area contributed by atoms with Crippen molar-refractivity contribution in [3.05, 3.63) is 0 Å². The van der Waals surface area contributed by atoms with Crippen molar-refractivity contribution in [2.45, 2.75) is 0 Å². The molecule has 1 heterocycles. The molecule has 0 unspecified atom stereocenters. The van der Waals surface area contributed by atoms with E-state index in [9.17, 15) is 4.79 Å². The number of aliphatic carboxylic acids is 1. The van der Waals surface area contributed by atoms with Gasteiger partial charge in [0.1, 0.15) is 0 Å². The van der Waals surface area contributed by atoms with Crippen LogP contribution in [0.25, 0.3) is 0 Å². The Balaban J connectivity index is 2.55. The highest BCUT2D eigenvalue weighted by Crippen LogP contribution is 2.06. The highest BCUT2D eigenvalue weighted by molar-refractivity contribution is 5.70. The average molecular weight is 172 g/mol. The van der Waals surface area contributed by atoms with Gasteiger partial charge in [0.2, 0.25) is 0 Å². The Labute approximate surface area is 72.8 Å². The van der Waals surface area contributed by atoms with Gasteiger partial charge in [-0.1, -0.05) is 0 Å². The Morgan fingerprint density at radius 3 is 2.00 bits per heavy atom. The summed E-state index contributed by atoms with van der Waals surface area (Å²) in [4.78, 5) is 14.9. The number of carbonyl (C=O) groups is 1. The van der Waals surface area contributed by atoms with Gasteiger partial charge in [-0.05, 0) is 14.1 Å². The Morgan fingerprint density at radius 1 is 1.25 bits per heavy atom. The van der Waals surface area contributed by atoms with E-state index >= 15 is 0 Å². The molecule has 0 amide bonds. The lowest BCUT2D eigenvalue weighted by molar-refractivity contribution is -0.142. The Hall–Kier alpha value is -0.610. The van der Waals surface area contributed by atoms with Crippen LogP contribution in [-0.4, -0.2) is 61.2 Å². The quantitative estimate of drug-likeness (QED) is 0.582. The zero-order valence-electron chi connectivity index (χ0n) is 7.66. The molecule has 0 aromatic rings. The molecule has 12 heavy (non-hydrogen) atoms. The predicted octanol–water partition coefficient (Wildman–Crippen LogP) is -0.436. The van der Waals surface area contributed by atoms with Crippen LogP contribution in [-0.2, 0) is 4.79 Å². The number of rotatable bonds is 1. The summed E-state index contributed by atoms with van der Waals surface area (Å²) in [6, 6.07) is 0. The second kappa shape index (κ2) is 3.87. The molecule has 0 spiro atoms. The summed E-state index contributed by atoms with van der Waals surface area (Å²) < 4.78 is 0. The lowest BCUT2D eigenvalue weighted by Gasteiger charge is -2.16. The first-order valence-corrected chi connectivity index (χ1v) is 4.19. The van der Waals surface area contributed by atoms with Crippen molar-refractivity contribution in [2.75, 3.05) is 40.3 Å². The van der Waals surface area contributed by atoms with Crippen molar-refractivity contribution in [3.8, 4) is 0 Å². The molecule has 1 saturated heterocycles. The second-order valence-corrected chi connectivity index (χ2v) is 3.56. The number of likely N-dealkylation sites (N-methyl/N-ethyl adjacent to an activating group) is 2. The van der Waals surface area contributed by atoms with E-state index in [1.165, 1.54) is 0 Å². The van der Waals surface area contributed by atoms with Gasteiger partial charge in [0.25, 0.3) is 0 Å². The topological polar surface area (TPSA) is 43.8 Å². The fraction of sp³-hybridized carbons (Fsp3) is 0.875. The van der Waals surface area contributed by atoms with E-state index in [1.54, 1.807) is 0 Å². The molecule has 1 rings (SSSR count). The number of carboxylic acids is 1. The Morgan fingerprint density at radius 2 is 1.67 bits per heavy atom. The summed E-state index contributed by atoms with van der Waals surface area (Å²) in [6.07, 6.45) is 0. The lowest BCUT2D eigenvalue weighted by atomic mass is 10.1. The summed E-state index contributed by atoms with van der Waals surface area (Å²) in [6.45, 7) is 3.25. The number of hydrogen-bond acceptors (Lipinski definition) is 3. The van der Waals surface area contributed by atoms with Crippen molar-refractivity contribution < 1.29 is 9.90 Å². The normalized spacial score (nSPS) is 23.8. The Bertz CT molecular complexity index is 160. The van der Waals surface area contributed by atoms with Gasteiger partial charge in [-0.2, -0.15) is 0 Å². The maximum Gasteiger partial charge on any atom is 0.309 e. The molecule has 0 aliphatic carbocycles. The van der Waals surface area contributed by atoms with E-state index in [0.717, 1.165) is 13.1 Å². The van der Waals surface area contributed by atoms with Crippen molar-refractivity contribution in [1.82, 2.24) is 9.80 Å². The van der Waals surface area contributed by atoms with E-state index in [1.807, 2.05) is 14.1 Å². The average Bonchev–Trinajstić information content (AvgIpc) is 2.13. The minimum atomic E-state index is -0.685. The van der Waals surface area contributed by atoms with Crippen LogP contribution < -0.4 is 0 Å². The molecular formula is C8H16N2O2. The van der Waals surface area contributed by atoms with Crippen LogP contribution in [0.15, 0.2) is 0 Å². The summed E-state index contributed by atoms with van der Waals surface area (Å²) in [7, 11) is 3.93. The number of nitrogens with zero attached hydrogens (tertiary/aromatic N) is 2. The minimum absolute atomic E-state index is 0.234. The second-order valence-electron chi connectivity index (χ2n) is 3.56. The van der Waals surface area contributed by atoms with Crippen LogP contribution in [0.5, 0.6) is 0 Å². The van der Waals surface area contributed by atoms with E-state index in [2.05, 4.69) is 9.80 Å². The lowest BCUT2D eigenvalue weighted by Crippen LogP contribution is -2.32. The highest BCUT2D eigenvalue weighted by atomic mass is 16.4. The Kier molecular flexibility index (Phi) is 3.05. The molecule has 70 valence electrons. The van der Waals surface area contributed by atoms with Crippen molar-refractivity contribution in [1.29, 1.82) is 0 Å². The van der Waals surface area contributed by atoms with Crippen LogP contribution in [0.1, 0.15) is 0 Å². The fourth-order valence-electron chi connectivity index (χ4n) is 1.49. The summed E-state index contributed by atoms with van der Waals surface area (Å²) in [5.74, 6) is -0.918. The van der Waals surface area contributed by atoms with Gasteiger partial charge in [-0.15, -0.1) is 0 Å². The van der Waals surface area contributed by atoms with Crippen LogP contribution in [0.4, 0.5) is 0 Å². The fourth-order valence-corrected chi connectivity index (χ4v) is 1.49. The molecule has 0 aromatic heterocycles. The predicted molar refractivity (Wildman–Crippen MR) is 46.1 cm³/mol. The summed E-state index contributed by atoms with van der Waals surface area (Å²) in [5, 5.41) is 8.85. The van der Waals surface area contributed by atoms with E-state index in [0.29, 0.717) is 13.1 Å². The monoisotopic (exact) mass is 172 g/mol. The summed E-state index contributed by atoms with van der Waals surface area (Å²) >= 11 is 0. The standard InChI is InChI=1S/C8H16N2O2/c1-9-3-4-10(2)6-7(5-9)8(11)12/h7H,3-6H2,1-2H3,(H,11,12). The van der Waals surface area contributed by atoms with Crippen LogP contribution >= 0.6 is 0 Å². The van der Waals surface area contributed by atoms with Crippen molar-refractivity contribution in [2.24, 2.45) is 5.92 Å². The van der Waals surface area contributed by atoms with Crippen LogP contribution in [0, 0.1) is 5.92 Å². The third kappa shape index (κ3) is 2.46. The molecule has 4 heteroatoms. The largest absolute Gasteiger partial charge is 0.481 e. The third-order valence-electron chi connectivity index (χ3n) is 2.28. The van der Waals surface area contributed by atoms with Gasteiger partial charge in [0.15, 0.2) is 0 Å². The summed E-state index contributed by atoms with van der Waals surface area (Å²) in [5.41, 5.74) is 0. The van der Waals surface area contributed by atoms with Gasteiger partial charge in [-0.25, -0.2) is 0 Å². The minimum Gasteiger partial charge on any atom is -0.481 e.